The van der Waals surface area contributed by atoms with Crippen molar-refractivity contribution in [3.05, 3.63) is 35.9 Å². The average molecular weight is 368 g/mol. The quantitative estimate of drug-likeness (QED) is 0.760. The van der Waals surface area contributed by atoms with Gasteiger partial charge in [0.15, 0.2) is 0 Å². The molecule has 0 radical (unpaired) electrons. The van der Waals surface area contributed by atoms with Gasteiger partial charge in [-0.1, -0.05) is 31.0 Å². The van der Waals surface area contributed by atoms with Crippen LogP contribution in [0.1, 0.15) is 31.2 Å². The first-order valence-electron chi connectivity index (χ1n) is 8.98. The fourth-order valence-corrected chi connectivity index (χ4v) is 3.68. The van der Waals surface area contributed by atoms with Gasteiger partial charge < -0.3 is 9.64 Å². The minimum atomic E-state index is -4.76. The van der Waals surface area contributed by atoms with Crippen molar-refractivity contribution in [1.82, 2.24) is 9.80 Å². The highest BCUT2D eigenvalue weighted by Crippen LogP contribution is 2.27. The van der Waals surface area contributed by atoms with Gasteiger partial charge in [0, 0.05) is 43.9 Å². The SMILES string of the molecule is O=C(/C=C/c1ccccc1OC(F)(F)F)N1CCN(C2CCCC2)CC1. The molecule has 2 fully saturated rings. The van der Waals surface area contributed by atoms with E-state index in [-0.39, 0.29) is 17.2 Å². The first kappa shape index (κ1) is 18.8. The number of carbonyl (C=O) groups is 1. The largest absolute Gasteiger partial charge is 0.573 e. The van der Waals surface area contributed by atoms with Gasteiger partial charge in [-0.25, -0.2) is 0 Å². The lowest BCUT2D eigenvalue weighted by Crippen LogP contribution is -2.51. The summed E-state index contributed by atoms with van der Waals surface area (Å²) in [5.74, 6) is -0.493. The summed E-state index contributed by atoms with van der Waals surface area (Å²) in [6.07, 6.45) is 2.99. The maximum Gasteiger partial charge on any atom is 0.573 e. The van der Waals surface area contributed by atoms with Gasteiger partial charge in [-0.3, -0.25) is 9.69 Å². The Kier molecular flexibility index (Phi) is 5.86. The van der Waals surface area contributed by atoms with Crippen molar-refractivity contribution in [2.75, 3.05) is 26.2 Å². The molecule has 1 amide bonds. The van der Waals surface area contributed by atoms with Gasteiger partial charge in [0.25, 0.3) is 0 Å². The lowest BCUT2D eigenvalue weighted by atomic mass is 10.1. The van der Waals surface area contributed by atoms with E-state index in [1.807, 2.05) is 0 Å². The summed E-state index contributed by atoms with van der Waals surface area (Å²) in [5.41, 5.74) is 0.225. The number of benzene rings is 1. The Hall–Kier alpha value is -2.02. The first-order chi connectivity index (χ1) is 12.4. The zero-order valence-electron chi connectivity index (χ0n) is 14.5. The maximum absolute atomic E-state index is 12.4. The molecule has 1 saturated carbocycles. The molecule has 1 aromatic carbocycles. The van der Waals surface area contributed by atoms with Crippen LogP contribution >= 0.6 is 0 Å². The van der Waals surface area contributed by atoms with Crippen LogP contribution in [0.2, 0.25) is 0 Å². The van der Waals surface area contributed by atoms with Crippen LogP contribution in [0, 0.1) is 0 Å². The van der Waals surface area contributed by atoms with Crippen LogP contribution in [-0.2, 0) is 4.79 Å². The number of carbonyl (C=O) groups excluding carboxylic acids is 1. The van der Waals surface area contributed by atoms with Crippen molar-refractivity contribution >= 4 is 12.0 Å². The van der Waals surface area contributed by atoms with E-state index in [0.717, 1.165) is 13.1 Å². The Morgan fingerprint density at radius 2 is 1.73 bits per heavy atom. The smallest absolute Gasteiger partial charge is 0.405 e. The fraction of sp³-hybridized carbons (Fsp3) is 0.526. The van der Waals surface area contributed by atoms with Crippen molar-refractivity contribution in [1.29, 1.82) is 0 Å². The van der Waals surface area contributed by atoms with Gasteiger partial charge >= 0.3 is 6.36 Å². The third-order valence-electron chi connectivity index (χ3n) is 5.02. The molecule has 0 bridgehead atoms. The highest BCUT2D eigenvalue weighted by molar-refractivity contribution is 5.92. The second-order valence-electron chi connectivity index (χ2n) is 6.72. The fourth-order valence-electron chi connectivity index (χ4n) is 3.68. The molecule has 0 atom stereocenters. The highest BCUT2D eigenvalue weighted by Gasteiger charge is 2.32. The molecular formula is C19H23F3N2O2. The molecule has 1 aromatic rings. The number of alkyl halides is 3. The topological polar surface area (TPSA) is 32.8 Å². The lowest BCUT2D eigenvalue weighted by Gasteiger charge is -2.37. The molecular weight excluding hydrogens is 345 g/mol. The summed E-state index contributed by atoms with van der Waals surface area (Å²) in [6.45, 7) is 3.02. The Morgan fingerprint density at radius 1 is 1.08 bits per heavy atom. The monoisotopic (exact) mass is 368 g/mol. The standard InChI is InChI=1S/C19H23F3N2O2/c20-19(21,22)26-17-8-4-1-5-15(17)9-10-18(25)24-13-11-23(12-14-24)16-6-2-3-7-16/h1,4-5,8-10,16H,2-3,6-7,11-14H2/b10-9+. The van der Waals surface area contributed by atoms with E-state index in [1.165, 1.54) is 56.0 Å². The van der Waals surface area contributed by atoms with E-state index >= 15 is 0 Å². The predicted molar refractivity (Wildman–Crippen MR) is 92.6 cm³/mol. The summed E-state index contributed by atoms with van der Waals surface area (Å²) >= 11 is 0. The molecule has 0 N–H and O–H groups in total. The minimum Gasteiger partial charge on any atom is -0.405 e. The molecule has 0 spiro atoms. The number of nitrogens with zero attached hydrogens (tertiary/aromatic N) is 2. The van der Waals surface area contributed by atoms with Gasteiger partial charge in [-0.2, -0.15) is 0 Å². The van der Waals surface area contributed by atoms with Crippen molar-refractivity contribution in [2.45, 2.75) is 38.1 Å². The molecule has 4 nitrogen and oxygen atoms in total. The highest BCUT2D eigenvalue weighted by atomic mass is 19.4. The number of hydrogen-bond acceptors (Lipinski definition) is 3. The Labute approximate surface area is 151 Å². The normalized spacial score (nSPS) is 20.0. The zero-order chi connectivity index (χ0) is 18.6. The number of halogens is 3. The van der Waals surface area contributed by atoms with E-state index in [4.69, 9.17) is 0 Å². The molecule has 2 aliphatic rings. The minimum absolute atomic E-state index is 0.183. The van der Waals surface area contributed by atoms with Gasteiger partial charge in [-0.15, -0.1) is 13.2 Å². The van der Waals surface area contributed by atoms with Gasteiger partial charge in [-0.05, 0) is 25.0 Å². The van der Waals surface area contributed by atoms with Crippen LogP contribution in [0.5, 0.6) is 5.75 Å². The van der Waals surface area contributed by atoms with Crippen LogP contribution < -0.4 is 4.74 Å². The molecule has 3 rings (SSSR count). The second kappa shape index (κ2) is 8.12. The second-order valence-corrected chi connectivity index (χ2v) is 6.72. The third kappa shape index (κ3) is 5.00. The van der Waals surface area contributed by atoms with Crippen LogP contribution in [-0.4, -0.2) is 54.3 Å². The van der Waals surface area contributed by atoms with E-state index in [2.05, 4.69) is 9.64 Å². The summed E-state index contributed by atoms with van der Waals surface area (Å²) in [4.78, 5) is 16.6. The van der Waals surface area contributed by atoms with Crippen molar-refractivity contribution in [2.24, 2.45) is 0 Å². The molecule has 1 saturated heterocycles. The molecule has 7 heteroatoms. The lowest BCUT2D eigenvalue weighted by molar-refractivity contribution is -0.274. The van der Waals surface area contributed by atoms with Crippen molar-refractivity contribution in [3.8, 4) is 5.75 Å². The van der Waals surface area contributed by atoms with E-state index in [0.29, 0.717) is 19.1 Å². The Balaban J connectivity index is 1.57. The molecule has 142 valence electrons. The number of rotatable bonds is 4. The summed E-state index contributed by atoms with van der Waals surface area (Å²) < 4.78 is 41.3. The van der Waals surface area contributed by atoms with Crippen molar-refractivity contribution < 1.29 is 22.7 Å². The van der Waals surface area contributed by atoms with Crippen LogP contribution in [0.25, 0.3) is 6.08 Å². The number of amides is 1. The molecule has 0 aromatic heterocycles. The summed E-state index contributed by atoms with van der Waals surface area (Å²) in [7, 11) is 0. The van der Waals surface area contributed by atoms with Gasteiger partial charge in [0.2, 0.25) is 5.91 Å². The van der Waals surface area contributed by atoms with Crippen LogP contribution in [0.15, 0.2) is 30.3 Å². The van der Waals surface area contributed by atoms with E-state index in [9.17, 15) is 18.0 Å². The maximum atomic E-state index is 12.4. The Bertz CT molecular complexity index is 646. The number of ether oxygens (including phenoxy) is 1. The number of para-hydroxylation sites is 1. The summed E-state index contributed by atoms with van der Waals surface area (Å²) in [5, 5.41) is 0. The molecule has 1 aliphatic heterocycles. The van der Waals surface area contributed by atoms with Crippen LogP contribution in [0.4, 0.5) is 13.2 Å². The van der Waals surface area contributed by atoms with Gasteiger partial charge in [0.05, 0.1) is 0 Å². The zero-order valence-corrected chi connectivity index (χ0v) is 14.5. The number of hydrogen-bond donors (Lipinski definition) is 0. The van der Waals surface area contributed by atoms with E-state index in [1.54, 1.807) is 11.0 Å². The number of piperazine rings is 1. The Morgan fingerprint density at radius 3 is 2.38 bits per heavy atom. The third-order valence-corrected chi connectivity index (χ3v) is 5.02. The molecule has 26 heavy (non-hydrogen) atoms. The average Bonchev–Trinajstić information content (AvgIpc) is 3.14. The van der Waals surface area contributed by atoms with E-state index < -0.39 is 6.36 Å². The van der Waals surface area contributed by atoms with Crippen molar-refractivity contribution in [3.63, 3.8) is 0 Å². The molecule has 1 aliphatic carbocycles. The van der Waals surface area contributed by atoms with Gasteiger partial charge in [0.1, 0.15) is 5.75 Å². The molecule has 0 unspecified atom stereocenters. The molecule has 1 heterocycles. The summed E-state index contributed by atoms with van der Waals surface area (Å²) in [6, 6.07) is 6.44. The van der Waals surface area contributed by atoms with Crippen LogP contribution in [0.3, 0.4) is 0 Å². The predicted octanol–water partition coefficient (Wildman–Crippen LogP) is 3.69. The first-order valence-corrected chi connectivity index (χ1v) is 8.98.